The standard InChI is InChI=1S/C23H31N3O4/c1-3-5-15-30-20-19(25-23(28)26-22(20)29-4-2)21(27)24-18-13-11-17(12-14-18)16-9-7-6-8-10-16/h6-10,17-18H,3-5,11-15H2,1-2H3,(H,24,27)(H,25,26,28)/t17-,18+. The number of rotatable bonds is 9. The first kappa shape index (κ1) is 21.9. The average molecular weight is 414 g/mol. The Kier molecular flexibility index (Phi) is 7.88. The Labute approximate surface area is 177 Å². The van der Waals surface area contributed by atoms with Crippen molar-refractivity contribution in [3.63, 3.8) is 0 Å². The number of benzene rings is 1. The molecular weight excluding hydrogens is 382 g/mol. The SMILES string of the molecule is CCCCOc1c(OCC)nc(=O)[nH]c1C(=O)N[C@H]1CC[C@@H](c2ccccc2)CC1. The number of ether oxygens (including phenoxy) is 2. The first-order valence-electron chi connectivity index (χ1n) is 10.9. The summed E-state index contributed by atoms with van der Waals surface area (Å²) in [6.45, 7) is 4.60. The van der Waals surface area contributed by atoms with Crippen molar-refractivity contribution in [2.45, 2.75) is 64.3 Å². The second-order valence-corrected chi connectivity index (χ2v) is 7.62. The second kappa shape index (κ2) is 10.8. The Morgan fingerprint density at radius 1 is 1.13 bits per heavy atom. The number of aromatic amines is 1. The zero-order valence-electron chi connectivity index (χ0n) is 17.8. The van der Waals surface area contributed by atoms with Gasteiger partial charge >= 0.3 is 5.69 Å². The lowest BCUT2D eigenvalue weighted by atomic mass is 9.82. The molecule has 0 radical (unpaired) electrons. The molecule has 1 aromatic carbocycles. The zero-order chi connectivity index (χ0) is 21.3. The summed E-state index contributed by atoms with van der Waals surface area (Å²) in [5.74, 6) is 0.443. The van der Waals surface area contributed by atoms with Crippen LogP contribution in [0.2, 0.25) is 0 Å². The minimum atomic E-state index is -0.626. The van der Waals surface area contributed by atoms with Crippen molar-refractivity contribution in [2.75, 3.05) is 13.2 Å². The molecule has 162 valence electrons. The van der Waals surface area contributed by atoms with E-state index in [0.717, 1.165) is 38.5 Å². The van der Waals surface area contributed by atoms with Gasteiger partial charge < -0.3 is 14.8 Å². The zero-order valence-corrected chi connectivity index (χ0v) is 17.8. The molecule has 7 heteroatoms. The van der Waals surface area contributed by atoms with Gasteiger partial charge in [0.25, 0.3) is 11.8 Å². The molecule has 1 amide bonds. The Morgan fingerprint density at radius 3 is 2.53 bits per heavy atom. The van der Waals surface area contributed by atoms with E-state index in [9.17, 15) is 9.59 Å². The van der Waals surface area contributed by atoms with Crippen LogP contribution in [0.3, 0.4) is 0 Å². The quantitative estimate of drug-likeness (QED) is 0.610. The molecule has 3 rings (SSSR count). The first-order valence-corrected chi connectivity index (χ1v) is 10.9. The maximum atomic E-state index is 13.0. The third-order valence-corrected chi connectivity index (χ3v) is 5.44. The topological polar surface area (TPSA) is 93.3 Å². The number of hydrogen-bond donors (Lipinski definition) is 2. The molecule has 7 nitrogen and oxygen atoms in total. The molecule has 1 aliphatic carbocycles. The van der Waals surface area contributed by atoms with Crippen LogP contribution in [0.15, 0.2) is 35.1 Å². The van der Waals surface area contributed by atoms with E-state index >= 15 is 0 Å². The van der Waals surface area contributed by atoms with Gasteiger partial charge in [0.2, 0.25) is 5.75 Å². The molecule has 0 atom stereocenters. The molecule has 0 aliphatic heterocycles. The Bertz CT molecular complexity index is 874. The van der Waals surface area contributed by atoms with E-state index in [1.54, 1.807) is 6.92 Å². The van der Waals surface area contributed by atoms with Gasteiger partial charge in [0, 0.05) is 6.04 Å². The van der Waals surface area contributed by atoms with Crippen molar-refractivity contribution in [1.82, 2.24) is 15.3 Å². The van der Waals surface area contributed by atoms with Crippen molar-refractivity contribution in [1.29, 1.82) is 0 Å². The van der Waals surface area contributed by atoms with Crippen LogP contribution in [0.4, 0.5) is 0 Å². The third-order valence-electron chi connectivity index (χ3n) is 5.44. The van der Waals surface area contributed by atoms with Gasteiger partial charge in [-0.15, -0.1) is 0 Å². The predicted molar refractivity (Wildman–Crippen MR) is 115 cm³/mol. The highest BCUT2D eigenvalue weighted by molar-refractivity contribution is 5.95. The molecule has 2 aromatic rings. The van der Waals surface area contributed by atoms with Crippen LogP contribution in [-0.4, -0.2) is 35.1 Å². The van der Waals surface area contributed by atoms with Gasteiger partial charge in [-0.1, -0.05) is 43.7 Å². The molecule has 1 heterocycles. The number of nitrogens with zero attached hydrogens (tertiary/aromatic N) is 1. The highest BCUT2D eigenvalue weighted by atomic mass is 16.5. The number of nitrogens with one attached hydrogen (secondary N) is 2. The van der Waals surface area contributed by atoms with Gasteiger partial charge in [0.15, 0.2) is 5.69 Å². The molecule has 0 saturated heterocycles. The number of H-pyrrole nitrogens is 1. The molecule has 1 aliphatic rings. The van der Waals surface area contributed by atoms with E-state index in [-0.39, 0.29) is 29.3 Å². The predicted octanol–water partition coefficient (Wildman–Crippen LogP) is 3.80. The van der Waals surface area contributed by atoms with Gasteiger partial charge in [-0.05, 0) is 50.5 Å². The smallest absolute Gasteiger partial charge is 0.349 e. The third kappa shape index (κ3) is 5.62. The van der Waals surface area contributed by atoms with Crippen molar-refractivity contribution in [3.8, 4) is 11.6 Å². The van der Waals surface area contributed by atoms with E-state index in [4.69, 9.17) is 9.47 Å². The highest BCUT2D eigenvalue weighted by Gasteiger charge is 2.27. The van der Waals surface area contributed by atoms with Crippen molar-refractivity contribution >= 4 is 5.91 Å². The Balaban J connectivity index is 1.69. The minimum absolute atomic E-state index is 0.0631. The Morgan fingerprint density at radius 2 is 1.87 bits per heavy atom. The highest BCUT2D eigenvalue weighted by Crippen LogP contribution is 2.33. The summed E-state index contributed by atoms with van der Waals surface area (Å²) >= 11 is 0. The van der Waals surface area contributed by atoms with Gasteiger partial charge in [0.05, 0.1) is 13.2 Å². The molecule has 0 spiro atoms. The lowest BCUT2D eigenvalue weighted by Gasteiger charge is -2.29. The first-order chi connectivity index (χ1) is 14.6. The van der Waals surface area contributed by atoms with Crippen LogP contribution in [0.5, 0.6) is 11.6 Å². The number of hydrogen-bond acceptors (Lipinski definition) is 5. The lowest BCUT2D eigenvalue weighted by Crippen LogP contribution is -2.38. The molecule has 0 unspecified atom stereocenters. The summed E-state index contributed by atoms with van der Waals surface area (Å²) in [5, 5.41) is 3.06. The summed E-state index contributed by atoms with van der Waals surface area (Å²) in [6, 6.07) is 10.6. The van der Waals surface area contributed by atoms with E-state index in [2.05, 4.69) is 46.5 Å². The fraction of sp³-hybridized carbons (Fsp3) is 0.522. The van der Waals surface area contributed by atoms with Crippen molar-refractivity contribution in [2.24, 2.45) is 0 Å². The van der Waals surface area contributed by atoms with Crippen LogP contribution in [-0.2, 0) is 0 Å². The summed E-state index contributed by atoms with van der Waals surface area (Å²) in [6.07, 6.45) is 5.61. The largest absolute Gasteiger partial charge is 0.486 e. The van der Waals surface area contributed by atoms with Gasteiger partial charge in [-0.2, -0.15) is 4.98 Å². The fourth-order valence-electron chi connectivity index (χ4n) is 3.84. The van der Waals surface area contributed by atoms with Gasteiger partial charge in [-0.25, -0.2) is 4.79 Å². The molecule has 1 aromatic heterocycles. The van der Waals surface area contributed by atoms with Crippen LogP contribution < -0.4 is 20.5 Å². The monoisotopic (exact) mass is 413 g/mol. The van der Waals surface area contributed by atoms with E-state index in [1.165, 1.54) is 5.56 Å². The van der Waals surface area contributed by atoms with Crippen LogP contribution >= 0.6 is 0 Å². The number of carbonyl (C=O) groups is 1. The summed E-state index contributed by atoms with van der Waals surface area (Å²) in [4.78, 5) is 31.3. The van der Waals surface area contributed by atoms with Crippen LogP contribution in [0.1, 0.15) is 74.3 Å². The number of amides is 1. The number of carbonyl (C=O) groups excluding carboxylic acids is 1. The van der Waals surface area contributed by atoms with Crippen molar-refractivity contribution in [3.05, 3.63) is 52.1 Å². The molecule has 1 saturated carbocycles. The van der Waals surface area contributed by atoms with Crippen molar-refractivity contribution < 1.29 is 14.3 Å². The van der Waals surface area contributed by atoms with E-state index in [1.807, 2.05) is 6.07 Å². The summed E-state index contributed by atoms with van der Waals surface area (Å²) in [5.41, 5.74) is 0.813. The number of unbranched alkanes of at least 4 members (excludes halogenated alkanes) is 1. The minimum Gasteiger partial charge on any atom is -0.486 e. The Hall–Kier alpha value is -2.83. The molecule has 1 fully saturated rings. The van der Waals surface area contributed by atoms with Crippen LogP contribution in [0.25, 0.3) is 0 Å². The van der Waals surface area contributed by atoms with Gasteiger partial charge in [0.1, 0.15) is 0 Å². The summed E-state index contributed by atoms with van der Waals surface area (Å²) < 4.78 is 11.2. The molecule has 0 bridgehead atoms. The maximum Gasteiger partial charge on any atom is 0.349 e. The average Bonchev–Trinajstić information content (AvgIpc) is 2.76. The van der Waals surface area contributed by atoms with Gasteiger partial charge in [-0.3, -0.25) is 9.78 Å². The fourth-order valence-corrected chi connectivity index (χ4v) is 3.84. The van der Waals surface area contributed by atoms with E-state index in [0.29, 0.717) is 19.1 Å². The lowest BCUT2D eigenvalue weighted by molar-refractivity contribution is 0.0913. The van der Waals surface area contributed by atoms with E-state index < -0.39 is 5.69 Å². The molecular formula is C23H31N3O4. The molecule has 2 N–H and O–H groups in total. The second-order valence-electron chi connectivity index (χ2n) is 7.62. The normalized spacial score (nSPS) is 18.6. The molecule has 30 heavy (non-hydrogen) atoms. The summed E-state index contributed by atoms with van der Waals surface area (Å²) in [7, 11) is 0. The number of aromatic nitrogens is 2. The van der Waals surface area contributed by atoms with Crippen LogP contribution in [0, 0.1) is 0 Å². The maximum absolute atomic E-state index is 13.0.